The number of fused-ring (bicyclic) bond motifs is 8. The molecule has 0 saturated carbocycles. The Hall–Kier alpha value is -1.35. The zero-order valence-electron chi connectivity index (χ0n) is 14.8. The highest BCUT2D eigenvalue weighted by molar-refractivity contribution is 5.85. The van der Waals surface area contributed by atoms with E-state index in [-0.39, 0.29) is 17.8 Å². The van der Waals surface area contributed by atoms with Gasteiger partial charge < -0.3 is 4.74 Å². The molecule has 2 aromatic carbocycles. The van der Waals surface area contributed by atoms with E-state index in [0.717, 1.165) is 32.7 Å². The average molecular weight is 356 g/mol. The second-order valence-electron chi connectivity index (χ2n) is 7.60. The van der Waals surface area contributed by atoms with Crippen LogP contribution in [0.4, 0.5) is 0 Å². The maximum atomic E-state index is 6.21. The monoisotopic (exact) mass is 355 g/mol. The standard InChI is InChI=1S/C22H25NO.ClH/c1-2-23-11-12-24-16(15-23)13-22-14-19(17-7-3-5-9-20(17)22)18-8-4-6-10-21(18)22;/h3-10,16,19H,2,11-15H2,1H3;1H. The Morgan fingerprint density at radius 1 is 1.04 bits per heavy atom. The fourth-order valence-electron chi connectivity index (χ4n) is 5.46. The summed E-state index contributed by atoms with van der Waals surface area (Å²) in [5, 5.41) is 0. The Morgan fingerprint density at radius 2 is 1.68 bits per heavy atom. The number of halogens is 1. The number of likely N-dealkylation sites (N-methyl/N-ethyl adjacent to an activating group) is 1. The third kappa shape index (κ3) is 2.46. The molecule has 1 saturated heterocycles. The smallest absolute Gasteiger partial charge is 0.0714 e. The van der Waals surface area contributed by atoms with Crippen LogP contribution >= 0.6 is 12.4 Å². The van der Waals surface area contributed by atoms with Crippen LogP contribution < -0.4 is 0 Å². The quantitative estimate of drug-likeness (QED) is 0.811. The molecule has 1 atom stereocenters. The first-order valence-corrected chi connectivity index (χ1v) is 9.34. The molecular weight excluding hydrogens is 330 g/mol. The molecule has 0 spiro atoms. The largest absolute Gasteiger partial charge is 0.376 e. The molecule has 132 valence electrons. The number of rotatable bonds is 3. The van der Waals surface area contributed by atoms with Crippen molar-refractivity contribution >= 4 is 12.4 Å². The SMILES string of the molecule is CCN1CCOC(CC23CC(c4ccccc42)c2ccccc23)C1.Cl. The molecule has 3 aliphatic rings. The molecule has 1 fully saturated rings. The van der Waals surface area contributed by atoms with Crippen molar-refractivity contribution in [2.45, 2.75) is 37.2 Å². The summed E-state index contributed by atoms with van der Waals surface area (Å²) >= 11 is 0. The zero-order valence-corrected chi connectivity index (χ0v) is 15.6. The Labute approximate surface area is 156 Å². The van der Waals surface area contributed by atoms with Crippen LogP contribution in [0.25, 0.3) is 0 Å². The molecule has 5 rings (SSSR count). The van der Waals surface area contributed by atoms with Crippen molar-refractivity contribution in [2.75, 3.05) is 26.2 Å². The van der Waals surface area contributed by atoms with E-state index in [9.17, 15) is 0 Å². The number of ether oxygens (including phenoxy) is 1. The van der Waals surface area contributed by atoms with Gasteiger partial charge in [-0.1, -0.05) is 55.5 Å². The van der Waals surface area contributed by atoms with Gasteiger partial charge in [0.1, 0.15) is 0 Å². The number of morpholine rings is 1. The van der Waals surface area contributed by atoms with Crippen molar-refractivity contribution in [3.05, 3.63) is 70.8 Å². The molecule has 2 aromatic rings. The van der Waals surface area contributed by atoms with Gasteiger partial charge in [-0.2, -0.15) is 0 Å². The van der Waals surface area contributed by atoms with E-state index in [1.54, 1.807) is 22.3 Å². The molecule has 1 unspecified atom stereocenters. The molecule has 2 nitrogen and oxygen atoms in total. The van der Waals surface area contributed by atoms with Crippen molar-refractivity contribution in [1.82, 2.24) is 4.90 Å². The minimum absolute atomic E-state index is 0. The molecule has 25 heavy (non-hydrogen) atoms. The maximum absolute atomic E-state index is 6.21. The van der Waals surface area contributed by atoms with Gasteiger partial charge in [-0.25, -0.2) is 0 Å². The predicted octanol–water partition coefficient (Wildman–Crippen LogP) is 4.35. The van der Waals surface area contributed by atoms with Crippen LogP contribution in [-0.4, -0.2) is 37.2 Å². The van der Waals surface area contributed by atoms with Crippen molar-refractivity contribution in [3.63, 3.8) is 0 Å². The van der Waals surface area contributed by atoms with Crippen LogP contribution in [0.1, 0.15) is 47.9 Å². The summed E-state index contributed by atoms with van der Waals surface area (Å²) in [6.07, 6.45) is 2.70. The highest BCUT2D eigenvalue weighted by Crippen LogP contribution is 2.62. The van der Waals surface area contributed by atoms with Gasteiger partial charge in [0.05, 0.1) is 12.7 Å². The average Bonchev–Trinajstić information content (AvgIpc) is 3.14. The Morgan fingerprint density at radius 3 is 2.32 bits per heavy atom. The lowest BCUT2D eigenvalue weighted by molar-refractivity contribution is -0.0378. The summed E-state index contributed by atoms with van der Waals surface area (Å²) in [6, 6.07) is 18.2. The first-order valence-electron chi connectivity index (χ1n) is 9.34. The molecule has 0 radical (unpaired) electrons. The van der Waals surface area contributed by atoms with Crippen molar-refractivity contribution in [3.8, 4) is 0 Å². The molecule has 1 heterocycles. The fourth-order valence-corrected chi connectivity index (χ4v) is 5.46. The summed E-state index contributed by atoms with van der Waals surface area (Å²) in [5.74, 6) is 0.586. The zero-order chi connectivity index (χ0) is 16.1. The summed E-state index contributed by atoms with van der Waals surface area (Å²) in [4.78, 5) is 2.53. The van der Waals surface area contributed by atoms with Crippen molar-refractivity contribution < 1.29 is 4.74 Å². The van der Waals surface area contributed by atoms with E-state index >= 15 is 0 Å². The lowest BCUT2D eigenvalue weighted by Crippen LogP contribution is -2.45. The van der Waals surface area contributed by atoms with Gasteiger partial charge in [-0.3, -0.25) is 4.90 Å². The minimum atomic E-state index is 0. The van der Waals surface area contributed by atoms with E-state index in [4.69, 9.17) is 4.74 Å². The third-order valence-electron chi connectivity index (χ3n) is 6.50. The molecule has 2 aliphatic carbocycles. The van der Waals surface area contributed by atoms with Crippen molar-refractivity contribution in [2.24, 2.45) is 0 Å². The molecule has 1 aliphatic heterocycles. The summed E-state index contributed by atoms with van der Waals surface area (Å²) in [5.41, 5.74) is 6.40. The Kier molecular flexibility index (Phi) is 4.39. The van der Waals surface area contributed by atoms with Gasteiger partial charge in [-0.15, -0.1) is 12.4 Å². The lowest BCUT2D eigenvalue weighted by Gasteiger charge is -2.39. The third-order valence-corrected chi connectivity index (χ3v) is 6.50. The highest BCUT2D eigenvalue weighted by Gasteiger charge is 2.53. The number of nitrogens with zero attached hydrogens (tertiary/aromatic N) is 1. The van der Waals surface area contributed by atoms with Gasteiger partial charge in [0.15, 0.2) is 0 Å². The second kappa shape index (κ2) is 6.42. The van der Waals surface area contributed by atoms with E-state index in [1.165, 1.54) is 6.42 Å². The van der Waals surface area contributed by atoms with Crippen LogP contribution in [0.15, 0.2) is 48.5 Å². The molecule has 0 N–H and O–H groups in total. The summed E-state index contributed by atoms with van der Waals surface area (Å²) in [6.45, 7) is 6.42. The summed E-state index contributed by atoms with van der Waals surface area (Å²) < 4.78 is 6.21. The number of hydrogen-bond donors (Lipinski definition) is 0. The van der Waals surface area contributed by atoms with Crippen molar-refractivity contribution in [1.29, 1.82) is 0 Å². The minimum Gasteiger partial charge on any atom is -0.376 e. The van der Waals surface area contributed by atoms with Crippen LogP contribution in [0.3, 0.4) is 0 Å². The Bertz CT molecular complexity index is 727. The predicted molar refractivity (Wildman–Crippen MR) is 104 cm³/mol. The van der Waals surface area contributed by atoms with Crippen LogP contribution in [-0.2, 0) is 10.2 Å². The number of benzene rings is 2. The van der Waals surface area contributed by atoms with Crippen LogP contribution in [0, 0.1) is 0 Å². The van der Waals surface area contributed by atoms with Gasteiger partial charge in [0, 0.05) is 24.4 Å². The normalized spacial score (nSPS) is 29.8. The van der Waals surface area contributed by atoms with E-state index in [2.05, 4.69) is 60.4 Å². The van der Waals surface area contributed by atoms with Gasteiger partial charge in [0.25, 0.3) is 0 Å². The second-order valence-corrected chi connectivity index (χ2v) is 7.60. The first kappa shape index (κ1) is 17.1. The van der Waals surface area contributed by atoms with Gasteiger partial charge in [0.2, 0.25) is 0 Å². The Balaban J connectivity index is 0.00000157. The molecule has 0 amide bonds. The van der Waals surface area contributed by atoms with Crippen LogP contribution in [0.5, 0.6) is 0 Å². The van der Waals surface area contributed by atoms with E-state index in [1.807, 2.05) is 0 Å². The fraction of sp³-hybridized carbons (Fsp3) is 0.455. The van der Waals surface area contributed by atoms with Gasteiger partial charge >= 0.3 is 0 Å². The lowest BCUT2D eigenvalue weighted by atomic mass is 9.71. The molecule has 2 bridgehead atoms. The van der Waals surface area contributed by atoms with Gasteiger partial charge in [-0.05, 0) is 41.6 Å². The highest BCUT2D eigenvalue weighted by atomic mass is 35.5. The molecule has 0 aromatic heterocycles. The van der Waals surface area contributed by atoms with E-state index < -0.39 is 0 Å². The van der Waals surface area contributed by atoms with Crippen LogP contribution in [0.2, 0.25) is 0 Å². The molecular formula is C22H26ClNO. The summed E-state index contributed by atoms with van der Waals surface area (Å²) in [7, 11) is 0. The van der Waals surface area contributed by atoms with E-state index in [0.29, 0.717) is 12.0 Å². The topological polar surface area (TPSA) is 12.5 Å². The first-order chi connectivity index (χ1) is 11.8. The number of hydrogen-bond acceptors (Lipinski definition) is 2. The maximum Gasteiger partial charge on any atom is 0.0714 e. The molecule has 3 heteroatoms.